The van der Waals surface area contributed by atoms with Crippen LogP contribution in [0.1, 0.15) is 0 Å². The van der Waals surface area contributed by atoms with Gasteiger partial charge in [-0.25, -0.2) is 0 Å². The summed E-state index contributed by atoms with van der Waals surface area (Å²) in [6, 6.07) is 8.04. The number of rotatable bonds is 3. The molecule has 60 valence electrons. The topological polar surface area (TPSA) is 18.5 Å². The van der Waals surface area contributed by atoms with Crippen LogP contribution < -0.4 is 9.92 Å². The monoisotopic (exact) mass is 184 g/mol. The molecule has 11 heavy (non-hydrogen) atoms. The third-order valence-electron chi connectivity index (χ3n) is 1.49. The molecule has 0 heterocycles. The first-order valence-electron chi connectivity index (χ1n) is 3.49. The fraction of sp³-hybridized carbons (Fsp3) is 0.143. The van der Waals surface area contributed by atoms with Crippen molar-refractivity contribution in [3.05, 3.63) is 24.3 Å². The smallest absolute Gasteiger partial charge is 0.182 e. The van der Waals surface area contributed by atoms with Crippen LogP contribution in [0.5, 0.6) is 5.75 Å². The minimum absolute atomic E-state index is 0.504. The zero-order chi connectivity index (χ0) is 8.10. The van der Waals surface area contributed by atoms with Gasteiger partial charge in [-0.05, 0) is 6.07 Å². The predicted octanol–water partition coefficient (Wildman–Crippen LogP) is -1.30. The standard InChI is InChI=1S/C7H12O2Si2/c1-8-6-4-2-3-5-7(6)11-9-10/h2-5H,11H2,1,10H3. The Labute approximate surface area is 72.0 Å². The molecule has 0 aliphatic carbocycles. The van der Waals surface area contributed by atoms with E-state index < -0.39 is 9.76 Å². The Morgan fingerprint density at radius 3 is 2.73 bits per heavy atom. The molecule has 0 spiro atoms. The maximum atomic E-state index is 5.27. The third-order valence-corrected chi connectivity index (χ3v) is 3.54. The molecule has 0 atom stereocenters. The minimum atomic E-state index is -0.504. The van der Waals surface area contributed by atoms with Gasteiger partial charge < -0.3 is 8.85 Å². The summed E-state index contributed by atoms with van der Waals surface area (Å²) in [4.78, 5) is 0. The Morgan fingerprint density at radius 2 is 2.09 bits per heavy atom. The van der Waals surface area contributed by atoms with Crippen molar-refractivity contribution >= 4 is 25.4 Å². The molecule has 0 saturated heterocycles. The SMILES string of the molecule is COc1ccccc1[SiH2]O[SiH3]. The maximum absolute atomic E-state index is 5.27. The molecule has 0 N–H and O–H groups in total. The van der Waals surface area contributed by atoms with Gasteiger partial charge in [-0.1, -0.05) is 18.2 Å². The van der Waals surface area contributed by atoms with Gasteiger partial charge in [-0.2, -0.15) is 0 Å². The first-order chi connectivity index (χ1) is 5.38. The van der Waals surface area contributed by atoms with Gasteiger partial charge >= 0.3 is 0 Å². The first kappa shape index (κ1) is 8.51. The molecule has 1 aromatic rings. The molecule has 0 bridgehead atoms. The molecule has 4 heteroatoms. The van der Waals surface area contributed by atoms with Crippen LogP contribution in [0.25, 0.3) is 0 Å². The van der Waals surface area contributed by atoms with E-state index in [-0.39, 0.29) is 0 Å². The van der Waals surface area contributed by atoms with Crippen molar-refractivity contribution in [2.75, 3.05) is 7.11 Å². The normalized spacial score (nSPS) is 11.0. The second-order valence-electron chi connectivity index (χ2n) is 2.24. The van der Waals surface area contributed by atoms with Crippen LogP contribution in [0.3, 0.4) is 0 Å². The second kappa shape index (κ2) is 4.32. The van der Waals surface area contributed by atoms with E-state index in [9.17, 15) is 0 Å². The van der Waals surface area contributed by atoms with E-state index in [1.54, 1.807) is 7.11 Å². The lowest BCUT2D eigenvalue weighted by Crippen LogP contribution is -2.18. The van der Waals surface area contributed by atoms with Crippen molar-refractivity contribution in [2.45, 2.75) is 0 Å². The largest absolute Gasteiger partial charge is 0.497 e. The fourth-order valence-electron chi connectivity index (χ4n) is 0.978. The highest BCUT2D eigenvalue weighted by Gasteiger charge is 1.99. The Balaban J connectivity index is 2.83. The van der Waals surface area contributed by atoms with E-state index in [4.69, 9.17) is 8.85 Å². The van der Waals surface area contributed by atoms with Crippen LogP contribution in [0, 0.1) is 0 Å². The number of benzene rings is 1. The van der Waals surface area contributed by atoms with Crippen LogP contribution in [0.15, 0.2) is 24.3 Å². The highest BCUT2D eigenvalue weighted by Crippen LogP contribution is 2.03. The van der Waals surface area contributed by atoms with Crippen LogP contribution in [-0.2, 0) is 4.12 Å². The Bertz CT molecular complexity index is 227. The average Bonchev–Trinajstić information content (AvgIpc) is 2.06. The summed E-state index contributed by atoms with van der Waals surface area (Å²) in [5, 5.41) is 1.25. The first-order valence-corrected chi connectivity index (χ1v) is 5.59. The molecule has 0 aliphatic heterocycles. The van der Waals surface area contributed by atoms with Gasteiger partial charge in [0.15, 0.2) is 9.76 Å². The quantitative estimate of drug-likeness (QED) is 0.544. The second-order valence-corrected chi connectivity index (χ2v) is 5.60. The number of ether oxygens (including phenoxy) is 1. The van der Waals surface area contributed by atoms with Gasteiger partial charge in [0.05, 0.1) is 7.11 Å². The van der Waals surface area contributed by atoms with Crippen LogP contribution in [-0.4, -0.2) is 27.4 Å². The summed E-state index contributed by atoms with van der Waals surface area (Å²) in [5.74, 6) is 0.968. The van der Waals surface area contributed by atoms with E-state index in [0.29, 0.717) is 0 Å². The summed E-state index contributed by atoms with van der Waals surface area (Å²) in [6.45, 7) is 0. The maximum Gasteiger partial charge on any atom is 0.182 e. The van der Waals surface area contributed by atoms with Gasteiger partial charge in [0.1, 0.15) is 16.2 Å². The minimum Gasteiger partial charge on any atom is -0.497 e. The van der Waals surface area contributed by atoms with Gasteiger partial charge in [0.25, 0.3) is 0 Å². The van der Waals surface area contributed by atoms with E-state index in [1.165, 1.54) is 5.19 Å². The van der Waals surface area contributed by atoms with Crippen molar-refractivity contribution in [2.24, 2.45) is 0 Å². The van der Waals surface area contributed by atoms with Crippen LogP contribution in [0.4, 0.5) is 0 Å². The number of hydrogen-bond acceptors (Lipinski definition) is 2. The molecule has 0 saturated carbocycles. The highest BCUT2D eigenvalue weighted by atomic mass is 28.3. The van der Waals surface area contributed by atoms with Crippen molar-refractivity contribution in [3.8, 4) is 5.75 Å². The van der Waals surface area contributed by atoms with Crippen molar-refractivity contribution in [1.82, 2.24) is 0 Å². The fourth-order valence-corrected chi connectivity index (χ4v) is 2.86. The molecule has 0 aromatic heterocycles. The summed E-state index contributed by atoms with van der Waals surface area (Å²) in [6.07, 6.45) is 0. The molecule has 1 aromatic carbocycles. The number of para-hydroxylation sites is 1. The third kappa shape index (κ3) is 2.18. The lowest BCUT2D eigenvalue weighted by atomic mass is 10.3. The van der Waals surface area contributed by atoms with Crippen LogP contribution >= 0.6 is 0 Å². The van der Waals surface area contributed by atoms with E-state index in [2.05, 4.69) is 6.07 Å². The molecule has 0 radical (unpaired) electrons. The summed E-state index contributed by atoms with van der Waals surface area (Å²) >= 11 is 0. The summed E-state index contributed by atoms with van der Waals surface area (Å²) in [5.41, 5.74) is 0. The molecule has 0 unspecified atom stereocenters. The van der Waals surface area contributed by atoms with E-state index in [0.717, 1.165) is 16.2 Å². The molecule has 0 amide bonds. The summed E-state index contributed by atoms with van der Waals surface area (Å²) in [7, 11) is 2.02. The van der Waals surface area contributed by atoms with Crippen molar-refractivity contribution < 1.29 is 8.85 Å². The van der Waals surface area contributed by atoms with Crippen molar-refractivity contribution in [1.29, 1.82) is 0 Å². The zero-order valence-electron chi connectivity index (χ0n) is 6.83. The molecule has 2 nitrogen and oxygen atoms in total. The molecular weight excluding hydrogens is 172 g/mol. The Hall–Kier alpha value is -0.586. The number of hydrogen-bond donors (Lipinski definition) is 0. The van der Waals surface area contributed by atoms with E-state index >= 15 is 0 Å². The lowest BCUT2D eigenvalue weighted by molar-refractivity contribution is 0.417. The molecule has 0 aliphatic rings. The van der Waals surface area contributed by atoms with Crippen LogP contribution in [0.2, 0.25) is 0 Å². The van der Waals surface area contributed by atoms with Crippen molar-refractivity contribution in [3.63, 3.8) is 0 Å². The van der Waals surface area contributed by atoms with Gasteiger partial charge in [0.2, 0.25) is 0 Å². The van der Waals surface area contributed by atoms with Gasteiger partial charge in [-0.3, -0.25) is 0 Å². The summed E-state index contributed by atoms with van der Waals surface area (Å²) < 4.78 is 10.4. The lowest BCUT2D eigenvalue weighted by Gasteiger charge is -2.05. The predicted molar refractivity (Wildman–Crippen MR) is 52.2 cm³/mol. The zero-order valence-corrected chi connectivity index (χ0v) is 10.2. The Morgan fingerprint density at radius 1 is 1.36 bits per heavy atom. The number of methoxy groups -OCH3 is 1. The molecule has 1 rings (SSSR count). The molecule has 0 fully saturated rings. The molecular formula is C7H12O2Si2. The van der Waals surface area contributed by atoms with Gasteiger partial charge in [-0.15, -0.1) is 0 Å². The average molecular weight is 184 g/mol. The Kier molecular flexibility index (Phi) is 3.35. The van der Waals surface area contributed by atoms with Gasteiger partial charge in [0, 0.05) is 5.19 Å². The van der Waals surface area contributed by atoms with E-state index in [1.807, 2.05) is 18.2 Å². The highest BCUT2D eigenvalue weighted by molar-refractivity contribution is 6.51.